The molecule has 0 radical (unpaired) electrons. The number of hydrogen-bond donors (Lipinski definition) is 2. The van der Waals surface area contributed by atoms with Crippen LogP contribution in [0.4, 0.5) is 0 Å². The molecule has 3 N–H and O–H groups in total. The molecule has 4 aromatic rings. The van der Waals surface area contributed by atoms with Gasteiger partial charge in [-0.15, -0.1) is 13.2 Å². The number of nitrogens with zero attached hydrogens (tertiary/aromatic N) is 2. The van der Waals surface area contributed by atoms with Crippen LogP contribution in [0.5, 0.6) is 28.7 Å². The predicted octanol–water partition coefficient (Wildman–Crippen LogP) is 9.95. The second kappa shape index (κ2) is 25.2. The first-order valence-corrected chi connectivity index (χ1v) is 21.7. The maximum Gasteiger partial charge on any atom is 0.119 e. The molecule has 0 aliphatic carbocycles. The van der Waals surface area contributed by atoms with Gasteiger partial charge in [0.15, 0.2) is 0 Å². The molecular weight excluding hydrogens is 761 g/mol. The van der Waals surface area contributed by atoms with Crippen LogP contribution < -0.4 is 34.7 Å². The highest BCUT2D eigenvalue weighted by Crippen LogP contribution is 2.38. The van der Waals surface area contributed by atoms with Gasteiger partial charge in [-0.1, -0.05) is 47.5 Å². The molecule has 6 rings (SSSR count). The first-order chi connectivity index (χ1) is 29.4. The fourth-order valence-corrected chi connectivity index (χ4v) is 8.43. The lowest BCUT2D eigenvalue weighted by atomic mass is 9.73. The molecule has 61 heavy (non-hydrogen) atoms. The minimum atomic E-state index is 0.280. The zero-order chi connectivity index (χ0) is 44.1. The molecule has 0 aromatic heterocycles. The average molecular weight is 835 g/mol. The van der Waals surface area contributed by atoms with E-state index in [9.17, 15) is 0 Å². The number of benzene rings is 4. The number of allylic oxidation sites excluding steroid dienone is 2. The highest BCUT2D eigenvalue weighted by Gasteiger charge is 2.35. The summed E-state index contributed by atoms with van der Waals surface area (Å²) in [4.78, 5) is 5.09. The number of rotatable bonds is 18. The Hall–Kier alpha value is -4.80. The smallest absolute Gasteiger partial charge is 0.119 e. The Morgan fingerprint density at radius 2 is 0.803 bits per heavy atom. The summed E-state index contributed by atoms with van der Waals surface area (Å²) in [6, 6.07) is 32.6. The van der Waals surface area contributed by atoms with Crippen LogP contribution in [0.1, 0.15) is 69.1 Å². The summed E-state index contributed by atoms with van der Waals surface area (Å²) in [6.45, 7) is 21.8. The molecule has 4 aromatic carbocycles. The third kappa shape index (κ3) is 16.5. The molecule has 2 aliphatic rings. The van der Waals surface area contributed by atoms with Gasteiger partial charge < -0.3 is 34.7 Å². The van der Waals surface area contributed by atoms with E-state index in [1.165, 1.54) is 53.5 Å². The normalized spacial score (nSPS) is 15.8. The Morgan fingerprint density at radius 3 is 1.11 bits per heavy atom. The van der Waals surface area contributed by atoms with E-state index in [2.05, 4.69) is 78.5 Å². The van der Waals surface area contributed by atoms with Gasteiger partial charge in [-0.3, -0.25) is 9.80 Å². The van der Waals surface area contributed by atoms with Crippen LogP contribution >= 0.6 is 0 Å². The van der Waals surface area contributed by atoms with Crippen molar-refractivity contribution in [2.75, 3.05) is 74.8 Å². The summed E-state index contributed by atoms with van der Waals surface area (Å²) < 4.78 is 25.6. The number of ether oxygens (including phenoxy) is 5. The minimum absolute atomic E-state index is 0.280. The van der Waals surface area contributed by atoms with Crippen molar-refractivity contribution in [1.29, 1.82) is 0 Å². The summed E-state index contributed by atoms with van der Waals surface area (Å²) >= 11 is 0. The van der Waals surface area contributed by atoms with Crippen molar-refractivity contribution in [2.45, 2.75) is 72.0 Å². The average Bonchev–Trinajstić information content (AvgIpc) is 3.29. The molecule has 0 unspecified atom stereocenters. The third-order valence-electron chi connectivity index (χ3n) is 12.0. The standard InChI is InChI=1S/C26H36N2O2.C18H28N2O.C8H10O2/c1-21(2)17-26(20-27-18-22-5-9-24(29-3)10-6-22)13-15-28(16-14-26)19-23-7-11-25(30-4)12-8-23;1-15(2)12-18(14-19)8-10-20(11-9-18)13-16-4-6-17(21-3)7-5-16;1-9-7-3-5-8(10-2)6-4-7/h5-12,27H,1,13-20H2,2-4H3;4-7H,1,8-14,19H2,2-3H3;3-6H,1-2H3. The molecule has 0 atom stereocenters. The van der Waals surface area contributed by atoms with E-state index in [1.54, 1.807) is 35.5 Å². The van der Waals surface area contributed by atoms with Crippen LogP contribution in [0.15, 0.2) is 121 Å². The largest absolute Gasteiger partial charge is 0.497 e. The highest BCUT2D eigenvalue weighted by atomic mass is 16.5. The van der Waals surface area contributed by atoms with Gasteiger partial charge in [-0.05, 0) is 173 Å². The molecule has 0 bridgehead atoms. The number of likely N-dealkylation sites (tertiary alicyclic amines) is 2. The maximum atomic E-state index is 6.04. The SMILES string of the molecule is C=C(C)CC1(CN)CCN(Cc2ccc(OC)cc2)CC1.C=C(C)CC1(CNCc2ccc(OC)cc2)CCN(Cc2ccc(OC)cc2)CC1.COc1ccc(OC)cc1. The first-order valence-electron chi connectivity index (χ1n) is 21.7. The predicted molar refractivity (Wildman–Crippen MR) is 252 cm³/mol. The maximum absolute atomic E-state index is 6.04. The Balaban J connectivity index is 0.000000228. The van der Waals surface area contributed by atoms with Crippen molar-refractivity contribution in [3.8, 4) is 28.7 Å². The zero-order valence-electron chi connectivity index (χ0n) is 38.3. The summed E-state index contributed by atoms with van der Waals surface area (Å²) in [7, 11) is 8.40. The molecule has 0 amide bonds. The van der Waals surface area contributed by atoms with Crippen LogP contribution in [0.2, 0.25) is 0 Å². The summed E-state index contributed by atoms with van der Waals surface area (Å²) in [6.07, 6.45) is 6.91. The Labute approximate surface area is 367 Å². The first kappa shape index (κ1) is 48.9. The fraction of sp³-hybridized carbons (Fsp3) is 0.462. The van der Waals surface area contributed by atoms with Crippen molar-refractivity contribution in [2.24, 2.45) is 16.6 Å². The zero-order valence-corrected chi connectivity index (χ0v) is 38.3. The molecule has 2 aliphatic heterocycles. The molecule has 2 fully saturated rings. The van der Waals surface area contributed by atoms with Crippen LogP contribution in [0, 0.1) is 10.8 Å². The fourth-order valence-electron chi connectivity index (χ4n) is 8.43. The molecule has 0 spiro atoms. The van der Waals surface area contributed by atoms with E-state index in [1.807, 2.05) is 60.7 Å². The van der Waals surface area contributed by atoms with Gasteiger partial charge in [0.05, 0.1) is 35.5 Å². The van der Waals surface area contributed by atoms with E-state index in [4.69, 9.17) is 29.4 Å². The van der Waals surface area contributed by atoms with Crippen LogP contribution in [-0.2, 0) is 19.6 Å². The van der Waals surface area contributed by atoms with Gasteiger partial charge in [-0.2, -0.15) is 0 Å². The van der Waals surface area contributed by atoms with Gasteiger partial charge in [0.2, 0.25) is 0 Å². The van der Waals surface area contributed by atoms with Crippen molar-refractivity contribution in [3.05, 3.63) is 138 Å². The molecule has 2 saturated heterocycles. The summed E-state index contributed by atoms with van der Waals surface area (Å²) in [5, 5.41) is 3.72. The molecule has 9 heteroatoms. The van der Waals surface area contributed by atoms with Gasteiger partial charge in [0.1, 0.15) is 28.7 Å². The van der Waals surface area contributed by atoms with Crippen LogP contribution in [0.3, 0.4) is 0 Å². The number of hydrogen-bond acceptors (Lipinski definition) is 9. The van der Waals surface area contributed by atoms with Crippen molar-refractivity contribution in [3.63, 3.8) is 0 Å². The van der Waals surface area contributed by atoms with E-state index < -0.39 is 0 Å². The van der Waals surface area contributed by atoms with Gasteiger partial charge in [0, 0.05) is 26.2 Å². The number of methoxy groups -OCH3 is 5. The number of nitrogens with two attached hydrogens (primary N) is 1. The topological polar surface area (TPSA) is 90.7 Å². The van der Waals surface area contributed by atoms with Crippen molar-refractivity contribution >= 4 is 0 Å². The second-order valence-electron chi connectivity index (χ2n) is 17.1. The van der Waals surface area contributed by atoms with Crippen molar-refractivity contribution < 1.29 is 23.7 Å². The van der Waals surface area contributed by atoms with Gasteiger partial charge in [0.25, 0.3) is 0 Å². The van der Waals surface area contributed by atoms with E-state index in [-0.39, 0.29) is 5.41 Å². The van der Waals surface area contributed by atoms with E-state index >= 15 is 0 Å². The quantitative estimate of drug-likeness (QED) is 0.0952. The molecule has 332 valence electrons. The number of nitrogens with one attached hydrogen (secondary N) is 1. The van der Waals surface area contributed by atoms with Crippen molar-refractivity contribution in [1.82, 2.24) is 15.1 Å². The van der Waals surface area contributed by atoms with E-state index in [0.717, 1.165) is 100 Å². The minimum Gasteiger partial charge on any atom is -0.497 e. The molecule has 0 saturated carbocycles. The molecular formula is C52H74N4O5. The summed E-state index contributed by atoms with van der Waals surface area (Å²) in [5.74, 6) is 4.44. The Morgan fingerprint density at radius 1 is 0.508 bits per heavy atom. The summed E-state index contributed by atoms with van der Waals surface area (Å²) in [5.41, 5.74) is 13.1. The van der Waals surface area contributed by atoms with Crippen LogP contribution in [0.25, 0.3) is 0 Å². The van der Waals surface area contributed by atoms with Crippen LogP contribution in [-0.4, -0.2) is 84.6 Å². The lowest BCUT2D eigenvalue weighted by molar-refractivity contribution is 0.0964. The molecule has 2 heterocycles. The Kier molecular flexibility index (Phi) is 20.2. The monoisotopic (exact) mass is 835 g/mol. The third-order valence-corrected chi connectivity index (χ3v) is 12.0. The van der Waals surface area contributed by atoms with Gasteiger partial charge in [-0.25, -0.2) is 0 Å². The second-order valence-corrected chi connectivity index (χ2v) is 17.1. The lowest BCUT2D eigenvalue weighted by Crippen LogP contribution is -2.45. The Bertz CT molecular complexity index is 1820. The molecule has 9 nitrogen and oxygen atoms in total. The number of piperidine rings is 2. The van der Waals surface area contributed by atoms with E-state index in [0.29, 0.717) is 5.41 Å². The van der Waals surface area contributed by atoms with Gasteiger partial charge >= 0.3 is 0 Å². The lowest BCUT2D eigenvalue weighted by Gasteiger charge is -2.42. The highest BCUT2D eigenvalue weighted by molar-refractivity contribution is 5.31.